The number of rotatable bonds is 5. The monoisotopic (exact) mass is 266 g/mol. The van der Waals surface area contributed by atoms with Gasteiger partial charge in [0, 0.05) is 13.1 Å². The summed E-state index contributed by atoms with van der Waals surface area (Å²) < 4.78 is 12.8. The largest absolute Gasteiger partial charge is 0.352 e. The Balaban J connectivity index is 2.51. The summed E-state index contributed by atoms with van der Waals surface area (Å²) in [4.78, 5) is 12.0. The number of hydrogen-bond donors (Lipinski definition) is 2. The van der Waals surface area contributed by atoms with Crippen LogP contribution in [0.2, 0.25) is 0 Å². The molecule has 0 aromatic heterocycles. The van der Waals surface area contributed by atoms with Crippen LogP contribution in [0.3, 0.4) is 0 Å². The van der Waals surface area contributed by atoms with Gasteiger partial charge in [0.15, 0.2) is 0 Å². The van der Waals surface area contributed by atoms with Gasteiger partial charge in [-0.3, -0.25) is 4.79 Å². The van der Waals surface area contributed by atoms with Gasteiger partial charge in [0.05, 0.1) is 5.92 Å². The zero-order chi connectivity index (χ0) is 14.5. The second kappa shape index (κ2) is 6.66. The van der Waals surface area contributed by atoms with Crippen LogP contribution in [0.4, 0.5) is 4.39 Å². The maximum Gasteiger partial charge on any atom is 0.224 e. The molecule has 0 heterocycles. The first-order valence-electron chi connectivity index (χ1n) is 6.54. The molecule has 0 saturated heterocycles. The molecule has 0 saturated carbocycles. The van der Waals surface area contributed by atoms with Crippen molar-refractivity contribution in [3.05, 3.63) is 35.6 Å². The zero-order valence-electron chi connectivity index (χ0n) is 11.9. The van der Waals surface area contributed by atoms with Gasteiger partial charge in [-0.25, -0.2) is 4.39 Å². The lowest BCUT2D eigenvalue weighted by atomic mass is 9.84. The Hall–Kier alpha value is -1.42. The molecule has 1 atom stereocenters. The van der Waals surface area contributed by atoms with E-state index < -0.39 is 0 Å². The molecule has 1 aromatic carbocycles. The van der Waals surface area contributed by atoms with Gasteiger partial charge >= 0.3 is 0 Å². The quantitative estimate of drug-likeness (QED) is 0.860. The highest BCUT2D eigenvalue weighted by atomic mass is 19.1. The van der Waals surface area contributed by atoms with E-state index in [1.807, 2.05) is 0 Å². The smallest absolute Gasteiger partial charge is 0.224 e. The third kappa shape index (κ3) is 5.83. The van der Waals surface area contributed by atoms with Gasteiger partial charge < -0.3 is 11.1 Å². The van der Waals surface area contributed by atoms with Crippen molar-refractivity contribution in [2.45, 2.75) is 33.7 Å². The Morgan fingerprint density at radius 1 is 1.32 bits per heavy atom. The van der Waals surface area contributed by atoms with Crippen LogP contribution in [0.5, 0.6) is 0 Å². The highest BCUT2D eigenvalue weighted by Crippen LogP contribution is 2.24. The van der Waals surface area contributed by atoms with E-state index in [0.29, 0.717) is 13.1 Å². The summed E-state index contributed by atoms with van der Waals surface area (Å²) >= 11 is 0. The van der Waals surface area contributed by atoms with Crippen LogP contribution in [-0.4, -0.2) is 12.5 Å². The fourth-order valence-electron chi connectivity index (χ4n) is 1.96. The predicted octanol–water partition coefficient (Wildman–Crippen LogP) is 2.45. The Morgan fingerprint density at radius 3 is 2.37 bits per heavy atom. The van der Waals surface area contributed by atoms with Crippen LogP contribution in [-0.2, 0) is 11.3 Å². The number of carbonyl (C=O) groups is 1. The van der Waals surface area contributed by atoms with E-state index in [1.54, 1.807) is 12.1 Å². The number of nitrogens with one attached hydrogen (secondary N) is 1. The Morgan fingerprint density at radius 2 is 1.89 bits per heavy atom. The summed E-state index contributed by atoms with van der Waals surface area (Å²) in [7, 11) is 0. The average molecular weight is 266 g/mol. The molecule has 19 heavy (non-hydrogen) atoms. The molecule has 1 amide bonds. The molecule has 0 bridgehead atoms. The number of amides is 1. The molecule has 0 spiro atoms. The van der Waals surface area contributed by atoms with Crippen LogP contribution < -0.4 is 11.1 Å². The zero-order valence-corrected chi connectivity index (χ0v) is 11.9. The van der Waals surface area contributed by atoms with Gasteiger partial charge in [-0.2, -0.15) is 0 Å². The molecule has 3 nitrogen and oxygen atoms in total. The van der Waals surface area contributed by atoms with Crippen molar-refractivity contribution in [3.8, 4) is 0 Å². The molecule has 3 N–H and O–H groups in total. The summed E-state index contributed by atoms with van der Waals surface area (Å²) in [6, 6.07) is 6.10. The minimum Gasteiger partial charge on any atom is -0.352 e. The van der Waals surface area contributed by atoms with E-state index in [-0.39, 0.29) is 23.1 Å². The van der Waals surface area contributed by atoms with Crippen LogP contribution in [0, 0.1) is 17.2 Å². The minimum absolute atomic E-state index is 0.0400. The lowest BCUT2D eigenvalue weighted by Crippen LogP contribution is -2.36. The second-order valence-corrected chi connectivity index (χ2v) is 6.04. The summed E-state index contributed by atoms with van der Waals surface area (Å²) in [5.74, 6) is -0.496. The van der Waals surface area contributed by atoms with Crippen molar-refractivity contribution < 1.29 is 9.18 Å². The van der Waals surface area contributed by atoms with Crippen LogP contribution >= 0.6 is 0 Å². The molecule has 0 radical (unpaired) electrons. The third-order valence-corrected chi connectivity index (χ3v) is 2.89. The summed E-state index contributed by atoms with van der Waals surface area (Å²) in [5.41, 5.74) is 6.60. The average Bonchev–Trinajstić information content (AvgIpc) is 2.34. The van der Waals surface area contributed by atoms with E-state index in [9.17, 15) is 9.18 Å². The van der Waals surface area contributed by atoms with Crippen molar-refractivity contribution in [1.82, 2.24) is 5.32 Å². The SMILES string of the molecule is CC(C)(C)CC(CN)C(=O)NCc1ccc(F)cc1. The van der Waals surface area contributed by atoms with Crippen LogP contribution in [0.25, 0.3) is 0 Å². The van der Waals surface area contributed by atoms with Crippen molar-refractivity contribution in [2.75, 3.05) is 6.54 Å². The first kappa shape index (κ1) is 15.6. The number of carbonyl (C=O) groups excluding carboxylic acids is 1. The molecule has 0 aliphatic rings. The van der Waals surface area contributed by atoms with Crippen LogP contribution in [0.1, 0.15) is 32.8 Å². The first-order chi connectivity index (χ1) is 8.81. The first-order valence-corrected chi connectivity index (χ1v) is 6.54. The predicted molar refractivity (Wildman–Crippen MR) is 74.9 cm³/mol. The molecule has 0 fully saturated rings. The molecule has 1 rings (SSSR count). The fraction of sp³-hybridized carbons (Fsp3) is 0.533. The number of hydrogen-bond acceptors (Lipinski definition) is 2. The lowest BCUT2D eigenvalue weighted by Gasteiger charge is -2.24. The normalized spacial score (nSPS) is 13.1. The van der Waals surface area contributed by atoms with Crippen molar-refractivity contribution >= 4 is 5.91 Å². The van der Waals surface area contributed by atoms with E-state index in [4.69, 9.17) is 5.73 Å². The van der Waals surface area contributed by atoms with E-state index in [0.717, 1.165) is 12.0 Å². The molecule has 1 unspecified atom stereocenters. The number of benzene rings is 1. The summed E-state index contributed by atoms with van der Waals surface area (Å²) in [5, 5.41) is 2.85. The molecule has 4 heteroatoms. The van der Waals surface area contributed by atoms with E-state index >= 15 is 0 Å². The maximum absolute atomic E-state index is 12.8. The molecule has 0 aliphatic heterocycles. The van der Waals surface area contributed by atoms with Crippen LogP contribution in [0.15, 0.2) is 24.3 Å². The summed E-state index contributed by atoms with van der Waals surface area (Å²) in [6.45, 7) is 7.00. The van der Waals surface area contributed by atoms with Gasteiger partial charge in [-0.05, 0) is 29.5 Å². The van der Waals surface area contributed by atoms with Gasteiger partial charge in [0.25, 0.3) is 0 Å². The van der Waals surface area contributed by atoms with Gasteiger partial charge in [-0.1, -0.05) is 32.9 Å². The van der Waals surface area contributed by atoms with Crippen molar-refractivity contribution in [1.29, 1.82) is 0 Å². The topological polar surface area (TPSA) is 55.1 Å². The second-order valence-electron chi connectivity index (χ2n) is 6.04. The number of halogens is 1. The van der Waals surface area contributed by atoms with Gasteiger partial charge in [0.1, 0.15) is 5.82 Å². The molecular weight excluding hydrogens is 243 g/mol. The van der Waals surface area contributed by atoms with Crippen molar-refractivity contribution in [2.24, 2.45) is 17.1 Å². The minimum atomic E-state index is -0.275. The highest BCUT2D eigenvalue weighted by Gasteiger charge is 2.23. The van der Waals surface area contributed by atoms with Gasteiger partial charge in [0.2, 0.25) is 5.91 Å². The number of nitrogens with two attached hydrogens (primary N) is 1. The molecule has 106 valence electrons. The van der Waals surface area contributed by atoms with E-state index in [1.165, 1.54) is 12.1 Å². The Bertz CT molecular complexity index is 409. The Labute approximate surface area is 114 Å². The standard InChI is InChI=1S/C15H23FN2O/c1-15(2,3)8-12(9-17)14(19)18-10-11-4-6-13(16)7-5-11/h4-7,12H,8-10,17H2,1-3H3,(H,18,19). The molecular formula is C15H23FN2O. The fourth-order valence-corrected chi connectivity index (χ4v) is 1.96. The third-order valence-electron chi connectivity index (χ3n) is 2.89. The highest BCUT2D eigenvalue weighted by molar-refractivity contribution is 5.78. The van der Waals surface area contributed by atoms with Gasteiger partial charge in [-0.15, -0.1) is 0 Å². The summed E-state index contributed by atoms with van der Waals surface area (Å²) in [6.07, 6.45) is 0.749. The van der Waals surface area contributed by atoms with E-state index in [2.05, 4.69) is 26.1 Å². The van der Waals surface area contributed by atoms with Crippen molar-refractivity contribution in [3.63, 3.8) is 0 Å². The Kier molecular flexibility index (Phi) is 5.48. The maximum atomic E-state index is 12.8. The molecule has 1 aromatic rings. The lowest BCUT2D eigenvalue weighted by molar-refractivity contribution is -0.125. The molecule has 0 aliphatic carbocycles.